The number of carbonyl (C=O) groups excluding carboxylic acids is 1. The predicted molar refractivity (Wildman–Crippen MR) is 69.7 cm³/mol. The smallest absolute Gasteiger partial charge is 0.240 e. The van der Waals surface area contributed by atoms with Crippen molar-refractivity contribution in [2.75, 3.05) is 6.61 Å². The summed E-state index contributed by atoms with van der Waals surface area (Å²) in [6, 6.07) is 7.86. The van der Waals surface area contributed by atoms with E-state index < -0.39 is 0 Å². The molecule has 5 nitrogen and oxygen atoms in total. The van der Waals surface area contributed by atoms with Crippen molar-refractivity contribution in [3.63, 3.8) is 0 Å². The molecule has 5 heteroatoms. The van der Waals surface area contributed by atoms with E-state index in [1.165, 1.54) is 0 Å². The van der Waals surface area contributed by atoms with Crippen LogP contribution in [0.1, 0.15) is 18.0 Å². The average Bonchev–Trinajstić information content (AvgIpc) is 2.92. The Morgan fingerprint density at radius 2 is 2.37 bits per heavy atom. The maximum absolute atomic E-state index is 12.0. The summed E-state index contributed by atoms with van der Waals surface area (Å²) in [7, 11) is 0. The summed E-state index contributed by atoms with van der Waals surface area (Å²) in [6.07, 6.45) is 5.87. The first kappa shape index (κ1) is 11.8. The second kappa shape index (κ2) is 5.14. The van der Waals surface area contributed by atoms with E-state index in [1.807, 2.05) is 24.3 Å². The number of aromatic nitrogens is 2. The van der Waals surface area contributed by atoms with Gasteiger partial charge in [-0.15, -0.1) is 0 Å². The Morgan fingerprint density at radius 3 is 3.21 bits per heavy atom. The fraction of sp³-hybridized carbons (Fsp3) is 0.286. The lowest BCUT2D eigenvalue weighted by molar-refractivity contribution is -0.122. The first-order valence-corrected chi connectivity index (χ1v) is 6.30. The predicted octanol–water partition coefficient (Wildman–Crippen LogP) is 1.52. The van der Waals surface area contributed by atoms with Crippen molar-refractivity contribution in [3.05, 3.63) is 48.5 Å². The molecular formula is C14H15N3O2. The van der Waals surface area contributed by atoms with Gasteiger partial charge in [0, 0.05) is 24.4 Å². The van der Waals surface area contributed by atoms with Crippen LogP contribution in [0.15, 0.2) is 43.0 Å². The van der Waals surface area contributed by atoms with Gasteiger partial charge in [0.25, 0.3) is 0 Å². The summed E-state index contributed by atoms with van der Waals surface area (Å²) in [6.45, 7) is 0.923. The molecule has 0 radical (unpaired) electrons. The molecule has 0 aliphatic carbocycles. The number of hydrogen-bond acceptors (Lipinski definition) is 3. The molecule has 3 rings (SSSR count). The zero-order chi connectivity index (χ0) is 13.1. The van der Waals surface area contributed by atoms with Gasteiger partial charge in [-0.3, -0.25) is 4.79 Å². The van der Waals surface area contributed by atoms with Crippen molar-refractivity contribution in [1.82, 2.24) is 14.9 Å². The summed E-state index contributed by atoms with van der Waals surface area (Å²) >= 11 is 0. The molecule has 1 aliphatic heterocycles. The summed E-state index contributed by atoms with van der Waals surface area (Å²) in [5, 5.41) is 3.05. The molecule has 0 saturated heterocycles. The number of ether oxygens (including phenoxy) is 1. The topological polar surface area (TPSA) is 56.2 Å². The van der Waals surface area contributed by atoms with E-state index in [0.717, 1.165) is 17.7 Å². The van der Waals surface area contributed by atoms with Crippen molar-refractivity contribution in [2.24, 2.45) is 0 Å². The molecular weight excluding hydrogens is 242 g/mol. The number of hydrogen-bond donors (Lipinski definition) is 1. The average molecular weight is 257 g/mol. The van der Waals surface area contributed by atoms with Crippen LogP contribution < -0.4 is 10.1 Å². The fourth-order valence-electron chi connectivity index (χ4n) is 2.28. The minimum atomic E-state index is -0.0142. The van der Waals surface area contributed by atoms with Gasteiger partial charge in [0.2, 0.25) is 5.91 Å². The van der Waals surface area contributed by atoms with E-state index >= 15 is 0 Å². The second-order valence-electron chi connectivity index (χ2n) is 4.53. The molecule has 19 heavy (non-hydrogen) atoms. The Bertz CT molecular complexity index is 566. The lowest BCUT2D eigenvalue weighted by Crippen LogP contribution is -2.34. The minimum Gasteiger partial charge on any atom is -0.493 e. The van der Waals surface area contributed by atoms with Gasteiger partial charge in [-0.1, -0.05) is 18.2 Å². The molecule has 0 saturated carbocycles. The van der Waals surface area contributed by atoms with E-state index in [1.54, 1.807) is 23.3 Å². The van der Waals surface area contributed by atoms with E-state index in [4.69, 9.17) is 4.74 Å². The standard InChI is InChI=1S/C14H15N3O2/c18-14(9-17-7-6-15-10-17)16-12-5-8-19-13-4-2-1-3-11(12)13/h1-4,6-7,10,12H,5,8-9H2,(H,16,18). The van der Waals surface area contributed by atoms with Gasteiger partial charge in [-0.05, 0) is 6.07 Å². The number of nitrogens with zero attached hydrogens (tertiary/aromatic N) is 2. The second-order valence-corrected chi connectivity index (χ2v) is 4.53. The first-order chi connectivity index (χ1) is 9.33. The molecule has 1 amide bonds. The molecule has 1 unspecified atom stereocenters. The van der Waals surface area contributed by atoms with Crippen LogP contribution in [0, 0.1) is 0 Å². The number of amides is 1. The summed E-state index contributed by atoms with van der Waals surface area (Å²) in [5.41, 5.74) is 1.05. The fourth-order valence-corrected chi connectivity index (χ4v) is 2.28. The Balaban J connectivity index is 1.69. The molecule has 98 valence electrons. The normalized spacial score (nSPS) is 17.4. The number of nitrogens with one attached hydrogen (secondary N) is 1. The highest BCUT2D eigenvalue weighted by Crippen LogP contribution is 2.31. The number of benzene rings is 1. The van der Waals surface area contributed by atoms with E-state index in [0.29, 0.717) is 13.2 Å². The zero-order valence-corrected chi connectivity index (χ0v) is 10.5. The molecule has 1 aromatic carbocycles. The van der Waals surface area contributed by atoms with Gasteiger partial charge >= 0.3 is 0 Å². The third kappa shape index (κ3) is 2.59. The largest absolute Gasteiger partial charge is 0.493 e. The Labute approximate surface area is 111 Å². The number of imidazole rings is 1. The maximum atomic E-state index is 12.0. The highest BCUT2D eigenvalue weighted by atomic mass is 16.5. The third-order valence-corrected chi connectivity index (χ3v) is 3.18. The number of rotatable bonds is 3. The molecule has 2 heterocycles. The van der Waals surface area contributed by atoms with Crippen molar-refractivity contribution >= 4 is 5.91 Å². The molecule has 0 spiro atoms. The van der Waals surface area contributed by atoms with Gasteiger partial charge < -0.3 is 14.6 Å². The van der Waals surface area contributed by atoms with Gasteiger partial charge in [-0.2, -0.15) is 0 Å². The zero-order valence-electron chi connectivity index (χ0n) is 10.5. The Hall–Kier alpha value is -2.30. The molecule has 0 fully saturated rings. The number of fused-ring (bicyclic) bond motifs is 1. The van der Waals surface area contributed by atoms with Gasteiger partial charge in [-0.25, -0.2) is 4.98 Å². The Morgan fingerprint density at radius 1 is 1.47 bits per heavy atom. The van der Waals surface area contributed by atoms with Crippen molar-refractivity contribution in [3.8, 4) is 5.75 Å². The molecule has 1 atom stereocenters. The third-order valence-electron chi connectivity index (χ3n) is 3.18. The molecule has 0 bridgehead atoms. The number of carbonyl (C=O) groups is 1. The highest BCUT2D eigenvalue weighted by molar-refractivity contribution is 5.76. The minimum absolute atomic E-state index is 0.0142. The van der Waals surface area contributed by atoms with Crippen molar-refractivity contribution < 1.29 is 9.53 Å². The van der Waals surface area contributed by atoms with Crippen LogP contribution in [-0.4, -0.2) is 22.1 Å². The number of para-hydroxylation sites is 1. The van der Waals surface area contributed by atoms with Crippen LogP contribution in [-0.2, 0) is 11.3 Å². The molecule has 1 aromatic heterocycles. The molecule has 1 N–H and O–H groups in total. The van der Waals surface area contributed by atoms with Crippen molar-refractivity contribution in [1.29, 1.82) is 0 Å². The van der Waals surface area contributed by atoms with E-state index in [9.17, 15) is 4.79 Å². The van der Waals surface area contributed by atoms with E-state index in [2.05, 4.69) is 10.3 Å². The lowest BCUT2D eigenvalue weighted by Gasteiger charge is -2.26. The van der Waals surface area contributed by atoms with Gasteiger partial charge in [0.1, 0.15) is 12.3 Å². The quantitative estimate of drug-likeness (QED) is 0.907. The van der Waals surface area contributed by atoms with Crippen molar-refractivity contribution in [2.45, 2.75) is 19.0 Å². The molecule has 1 aliphatic rings. The molecule has 2 aromatic rings. The monoisotopic (exact) mass is 257 g/mol. The van der Waals surface area contributed by atoms with Crippen LogP contribution >= 0.6 is 0 Å². The maximum Gasteiger partial charge on any atom is 0.240 e. The SMILES string of the molecule is O=C(Cn1ccnc1)NC1CCOc2ccccc21. The van der Waals surface area contributed by atoms with Gasteiger partial charge in [0.15, 0.2) is 0 Å². The summed E-state index contributed by atoms with van der Waals surface area (Å²) < 4.78 is 7.33. The van der Waals surface area contributed by atoms with Crippen LogP contribution in [0.5, 0.6) is 5.75 Å². The highest BCUT2D eigenvalue weighted by Gasteiger charge is 2.22. The first-order valence-electron chi connectivity index (χ1n) is 6.30. The van der Waals surface area contributed by atoms with Gasteiger partial charge in [0.05, 0.1) is 19.0 Å². The lowest BCUT2D eigenvalue weighted by atomic mass is 10.0. The van der Waals surface area contributed by atoms with Crippen LogP contribution in [0.3, 0.4) is 0 Å². The summed E-state index contributed by atoms with van der Waals surface area (Å²) in [5.74, 6) is 0.849. The van der Waals surface area contributed by atoms with E-state index in [-0.39, 0.29) is 11.9 Å². The summed E-state index contributed by atoms with van der Waals surface area (Å²) in [4.78, 5) is 15.9. The Kier molecular flexibility index (Phi) is 3.18. The van der Waals surface area contributed by atoms with Crippen LogP contribution in [0.4, 0.5) is 0 Å². The van der Waals surface area contributed by atoms with Crippen LogP contribution in [0.2, 0.25) is 0 Å². The van der Waals surface area contributed by atoms with Crippen LogP contribution in [0.25, 0.3) is 0 Å².